The van der Waals surface area contributed by atoms with Crippen LogP contribution in [-0.4, -0.2) is 17.6 Å². The number of nitrogens with one attached hydrogen (secondary N) is 1. The highest BCUT2D eigenvalue weighted by Gasteiger charge is 2.19. The molecule has 1 atom stereocenters. The Bertz CT molecular complexity index is 1330. The van der Waals surface area contributed by atoms with Gasteiger partial charge in [-0.25, -0.2) is 4.79 Å². The Morgan fingerprint density at radius 3 is 2.47 bits per heavy atom. The molecule has 0 amide bonds. The van der Waals surface area contributed by atoms with Gasteiger partial charge in [-0.3, -0.25) is 0 Å². The van der Waals surface area contributed by atoms with Crippen LogP contribution in [0.25, 0.3) is 33.7 Å². The molecule has 3 nitrogen and oxygen atoms in total. The summed E-state index contributed by atoms with van der Waals surface area (Å²) in [5.41, 5.74) is 3.91. The third-order valence-electron chi connectivity index (χ3n) is 5.99. The molecule has 0 fully saturated rings. The van der Waals surface area contributed by atoms with Gasteiger partial charge in [0.25, 0.3) is 0 Å². The monoisotopic (exact) mass is 393 g/mol. The molecule has 148 valence electrons. The highest BCUT2D eigenvalue weighted by Crippen LogP contribution is 2.33. The number of carbonyl (C=O) groups is 1. The zero-order valence-corrected chi connectivity index (χ0v) is 16.9. The molecule has 1 unspecified atom stereocenters. The van der Waals surface area contributed by atoms with Crippen LogP contribution in [0.4, 0.5) is 0 Å². The molecule has 0 aliphatic heterocycles. The van der Waals surface area contributed by atoms with Crippen molar-refractivity contribution in [3.8, 4) is 0 Å². The predicted molar refractivity (Wildman–Crippen MR) is 124 cm³/mol. The van der Waals surface area contributed by atoms with Gasteiger partial charge in [-0.05, 0) is 63.4 Å². The Labute approximate surface area is 175 Å². The number of hydrogen-bond donors (Lipinski definition) is 2. The van der Waals surface area contributed by atoms with Gasteiger partial charge in [0.2, 0.25) is 0 Å². The zero-order valence-electron chi connectivity index (χ0n) is 16.9. The van der Waals surface area contributed by atoms with E-state index in [0.717, 1.165) is 18.5 Å². The van der Waals surface area contributed by atoms with Gasteiger partial charge in [0.05, 0.1) is 5.56 Å². The second-order valence-corrected chi connectivity index (χ2v) is 8.05. The number of rotatable bonds is 5. The molecule has 2 N–H and O–H groups in total. The molecular formula is C27H23NO2. The maximum atomic E-state index is 11.0. The van der Waals surface area contributed by atoms with E-state index in [-0.39, 0.29) is 6.04 Å². The van der Waals surface area contributed by atoms with Crippen LogP contribution in [0, 0.1) is 0 Å². The summed E-state index contributed by atoms with van der Waals surface area (Å²) < 4.78 is 0. The Morgan fingerprint density at radius 2 is 1.73 bits per heavy atom. The second-order valence-electron chi connectivity index (χ2n) is 8.05. The number of aromatic carboxylic acids is 1. The Balaban J connectivity index is 1.40. The minimum Gasteiger partial charge on any atom is -0.478 e. The fraction of sp³-hybridized carbons (Fsp3) is 0.148. The summed E-state index contributed by atoms with van der Waals surface area (Å²) in [5, 5.41) is 19.4. The first-order valence-corrected chi connectivity index (χ1v) is 10.3. The largest absolute Gasteiger partial charge is 0.478 e. The van der Waals surface area contributed by atoms with Gasteiger partial charge in [-0.2, -0.15) is 0 Å². The summed E-state index contributed by atoms with van der Waals surface area (Å²) in [5.74, 6) is -0.897. The summed E-state index contributed by atoms with van der Waals surface area (Å²) in [6.45, 7) is 2.89. The lowest BCUT2D eigenvalue weighted by atomic mass is 9.87. The Morgan fingerprint density at radius 1 is 1.00 bits per heavy atom. The van der Waals surface area contributed by atoms with E-state index < -0.39 is 5.97 Å². The summed E-state index contributed by atoms with van der Waals surface area (Å²) in [6, 6.07) is 22.8. The molecule has 1 aliphatic carbocycles. The predicted octanol–water partition coefficient (Wildman–Crippen LogP) is 5.33. The number of carboxylic acids is 1. The van der Waals surface area contributed by atoms with Crippen molar-refractivity contribution in [1.29, 1.82) is 0 Å². The van der Waals surface area contributed by atoms with Crippen LogP contribution >= 0.6 is 0 Å². The van der Waals surface area contributed by atoms with Crippen molar-refractivity contribution in [1.82, 2.24) is 5.32 Å². The molecule has 30 heavy (non-hydrogen) atoms. The molecule has 0 spiro atoms. The van der Waals surface area contributed by atoms with Gasteiger partial charge in [-0.15, -0.1) is 0 Å². The molecule has 0 bridgehead atoms. The lowest BCUT2D eigenvalue weighted by Crippen LogP contribution is -2.27. The van der Waals surface area contributed by atoms with Gasteiger partial charge in [-0.1, -0.05) is 72.3 Å². The third kappa shape index (κ3) is 3.27. The summed E-state index contributed by atoms with van der Waals surface area (Å²) >= 11 is 0. The smallest absolute Gasteiger partial charge is 0.335 e. The Hall–Kier alpha value is -3.43. The average Bonchev–Trinajstić information content (AvgIpc) is 2.77. The van der Waals surface area contributed by atoms with Crippen molar-refractivity contribution < 1.29 is 9.90 Å². The van der Waals surface area contributed by atoms with Gasteiger partial charge in [0, 0.05) is 12.6 Å². The van der Waals surface area contributed by atoms with E-state index in [1.807, 2.05) is 12.1 Å². The van der Waals surface area contributed by atoms with E-state index in [1.165, 1.54) is 37.9 Å². The lowest BCUT2D eigenvalue weighted by Gasteiger charge is -2.24. The fourth-order valence-corrected chi connectivity index (χ4v) is 4.50. The molecular weight excluding hydrogens is 370 g/mol. The molecule has 4 aromatic carbocycles. The fourth-order valence-electron chi connectivity index (χ4n) is 4.50. The van der Waals surface area contributed by atoms with Crippen LogP contribution in [0.3, 0.4) is 0 Å². The summed E-state index contributed by atoms with van der Waals surface area (Å²) in [7, 11) is 0. The number of benzene rings is 4. The molecule has 1 aliphatic rings. The van der Waals surface area contributed by atoms with E-state index in [9.17, 15) is 4.79 Å². The van der Waals surface area contributed by atoms with E-state index in [4.69, 9.17) is 5.11 Å². The highest BCUT2D eigenvalue weighted by molar-refractivity contribution is 6.11. The molecule has 0 heterocycles. The number of carboxylic acid groups (broad SMARTS) is 1. The topological polar surface area (TPSA) is 49.3 Å². The van der Waals surface area contributed by atoms with E-state index in [0.29, 0.717) is 5.56 Å². The van der Waals surface area contributed by atoms with Crippen molar-refractivity contribution in [2.75, 3.05) is 6.54 Å². The van der Waals surface area contributed by atoms with Crippen LogP contribution in [0.2, 0.25) is 0 Å². The first-order valence-electron chi connectivity index (χ1n) is 10.3. The van der Waals surface area contributed by atoms with Gasteiger partial charge in [0.15, 0.2) is 0 Å². The van der Waals surface area contributed by atoms with Crippen LogP contribution in [0.15, 0.2) is 72.3 Å². The van der Waals surface area contributed by atoms with Gasteiger partial charge >= 0.3 is 5.97 Å². The first kappa shape index (κ1) is 18.6. The quantitative estimate of drug-likeness (QED) is 0.482. The van der Waals surface area contributed by atoms with Crippen molar-refractivity contribution in [3.63, 3.8) is 0 Å². The van der Waals surface area contributed by atoms with E-state index in [2.05, 4.69) is 66.9 Å². The zero-order chi connectivity index (χ0) is 20.7. The normalized spacial score (nSPS) is 16.0. The van der Waals surface area contributed by atoms with Crippen LogP contribution in [0.5, 0.6) is 0 Å². The molecule has 3 heteroatoms. The third-order valence-corrected chi connectivity index (χ3v) is 5.99. The van der Waals surface area contributed by atoms with Crippen LogP contribution < -0.4 is 10.5 Å². The average molecular weight is 393 g/mol. The molecule has 0 radical (unpaired) electrons. The van der Waals surface area contributed by atoms with Crippen molar-refractivity contribution in [2.24, 2.45) is 0 Å². The summed E-state index contributed by atoms with van der Waals surface area (Å²) in [6.07, 6.45) is 5.42. The van der Waals surface area contributed by atoms with Gasteiger partial charge < -0.3 is 10.4 Å². The standard InChI is InChI=1S/C27H23NO2/c1-17(15-18-5-7-22(8-6-18)27(29)30)16-28-24-14-12-21-10-9-19-3-2-4-20-11-13-23(24)26(21)25(19)20/h2-13,15,24,28H,14,16H2,1H3,(H,29,30). The molecule has 0 saturated carbocycles. The van der Waals surface area contributed by atoms with Crippen molar-refractivity contribution >= 4 is 39.7 Å². The molecule has 0 saturated heterocycles. The molecule has 5 rings (SSSR count). The van der Waals surface area contributed by atoms with Crippen molar-refractivity contribution in [2.45, 2.75) is 19.4 Å². The van der Waals surface area contributed by atoms with E-state index in [1.54, 1.807) is 12.1 Å². The second kappa shape index (κ2) is 7.43. The van der Waals surface area contributed by atoms with E-state index >= 15 is 0 Å². The SMILES string of the molecule is CC(=Cc1ccc(C(=O)O)cc1)CNC1CC=c2ccc3cccc4ccc1c2c43. The van der Waals surface area contributed by atoms with Gasteiger partial charge in [0.1, 0.15) is 0 Å². The Kier molecular flexibility index (Phi) is 4.61. The van der Waals surface area contributed by atoms with Crippen molar-refractivity contribution in [3.05, 3.63) is 94.2 Å². The first-order chi connectivity index (χ1) is 14.6. The van der Waals surface area contributed by atoms with Crippen LogP contribution in [0.1, 0.15) is 40.9 Å². The van der Waals surface area contributed by atoms with Crippen LogP contribution in [-0.2, 0) is 0 Å². The molecule has 0 aromatic heterocycles. The maximum absolute atomic E-state index is 11.0. The lowest BCUT2D eigenvalue weighted by molar-refractivity contribution is 0.0697. The summed E-state index contributed by atoms with van der Waals surface area (Å²) in [4.78, 5) is 11.0. The minimum atomic E-state index is -0.897. The number of hydrogen-bond acceptors (Lipinski definition) is 2. The minimum absolute atomic E-state index is 0.283. The maximum Gasteiger partial charge on any atom is 0.335 e. The molecule has 4 aromatic rings. The highest BCUT2D eigenvalue weighted by atomic mass is 16.4.